The number of ether oxygens (including phenoxy) is 2. The lowest BCUT2D eigenvalue weighted by Crippen LogP contribution is -2.05. The van der Waals surface area contributed by atoms with Crippen molar-refractivity contribution < 1.29 is 24.0 Å². The average Bonchev–Trinajstić information content (AvgIpc) is 2.71. The Kier molecular flexibility index (Phi) is 5.61. The van der Waals surface area contributed by atoms with Gasteiger partial charge in [-0.05, 0) is 42.8 Å². The molecule has 0 saturated carbocycles. The minimum atomic E-state index is -0.388. The summed E-state index contributed by atoms with van der Waals surface area (Å²) in [4.78, 5) is 32.5. The van der Waals surface area contributed by atoms with Crippen molar-refractivity contribution in [2.45, 2.75) is 13.5 Å². The van der Waals surface area contributed by atoms with Crippen LogP contribution in [0.3, 0.4) is 0 Å². The van der Waals surface area contributed by atoms with Crippen molar-refractivity contribution in [3.05, 3.63) is 70.8 Å². The Morgan fingerprint density at radius 3 is 2.59 bits per heavy atom. The Morgan fingerprint density at radius 1 is 1.11 bits per heavy atom. The van der Waals surface area contributed by atoms with E-state index in [1.54, 1.807) is 37.3 Å². The molecule has 0 radical (unpaired) electrons. The third-order valence-electron chi connectivity index (χ3n) is 3.89. The predicted octanol–water partition coefficient (Wildman–Crippen LogP) is 3.96. The normalized spacial score (nSPS) is 10.4. The van der Waals surface area contributed by atoms with Crippen LogP contribution >= 0.6 is 0 Å². The number of carbonyl (C=O) groups excluding carboxylic acids is 1. The molecule has 2 aromatic carbocycles. The minimum absolute atomic E-state index is 0.322. The van der Waals surface area contributed by atoms with Gasteiger partial charge in [-0.25, -0.2) is 9.63 Å². The Labute approximate surface area is 156 Å². The van der Waals surface area contributed by atoms with Gasteiger partial charge < -0.3 is 9.47 Å². The number of pyridine rings is 1. The summed E-state index contributed by atoms with van der Waals surface area (Å²) >= 11 is 0. The number of benzene rings is 2. The van der Waals surface area contributed by atoms with E-state index in [-0.39, 0.29) is 5.97 Å². The highest BCUT2D eigenvalue weighted by molar-refractivity contribution is 5.93. The first-order valence-electron chi connectivity index (χ1n) is 8.40. The fourth-order valence-electron chi connectivity index (χ4n) is 2.50. The van der Waals surface area contributed by atoms with Crippen molar-refractivity contribution in [3.63, 3.8) is 0 Å². The summed E-state index contributed by atoms with van der Waals surface area (Å²) in [6, 6.07) is 14.1. The number of esters is 1. The second kappa shape index (κ2) is 8.27. The standard InChI is InChI=1S/C20H19N2O5/c1-3-26-20(23)16-10-15-6-9-18(11-19(15)21-12-16)27-13-14-4-7-17(8-5-14)22(24)25-2/h4-12H,3,13H2,1-2H3/q+1. The fourth-order valence-corrected chi connectivity index (χ4v) is 2.50. The number of hydrogen-bond acceptors (Lipinski definition) is 6. The average molecular weight is 367 g/mol. The van der Waals surface area contributed by atoms with Crippen LogP contribution in [0.4, 0.5) is 5.69 Å². The Morgan fingerprint density at radius 2 is 1.89 bits per heavy atom. The zero-order valence-corrected chi connectivity index (χ0v) is 15.0. The zero-order valence-electron chi connectivity index (χ0n) is 15.0. The lowest BCUT2D eigenvalue weighted by molar-refractivity contribution is -0.736. The molecule has 0 saturated heterocycles. The molecular weight excluding hydrogens is 348 g/mol. The molecule has 0 aliphatic rings. The van der Waals surface area contributed by atoms with E-state index in [9.17, 15) is 9.70 Å². The van der Waals surface area contributed by atoms with Crippen LogP contribution in [-0.4, -0.2) is 29.6 Å². The van der Waals surface area contributed by atoms with Crippen LogP contribution in [0.15, 0.2) is 54.7 Å². The largest absolute Gasteiger partial charge is 0.489 e. The van der Waals surface area contributed by atoms with E-state index in [0.717, 1.165) is 16.5 Å². The number of nitrogens with zero attached hydrogens (tertiary/aromatic N) is 2. The van der Waals surface area contributed by atoms with Crippen molar-refractivity contribution in [2.75, 3.05) is 13.7 Å². The summed E-state index contributed by atoms with van der Waals surface area (Å²) < 4.78 is 10.8. The molecule has 3 aromatic rings. The lowest BCUT2D eigenvalue weighted by atomic mass is 10.1. The van der Waals surface area contributed by atoms with Crippen LogP contribution in [0.5, 0.6) is 5.75 Å². The van der Waals surface area contributed by atoms with Gasteiger partial charge in [0.2, 0.25) is 0 Å². The van der Waals surface area contributed by atoms with Gasteiger partial charge in [-0.1, -0.05) is 0 Å². The molecule has 0 aliphatic carbocycles. The van der Waals surface area contributed by atoms with E-state index in [4.69, 9.17) is 9.47 Å². The van der Waals surface area contributed by atoms with Crippen LogP contribution in [-0.2, 0) is 16.2 Å². The molecule has 1 heterocycles. The molecule has 0 spiro atoms. The molecule has 0 amide bonds. The van der Waals surface area contributed by atoms with Gasteiger partial charge in [-0.15, -0.1) is 0 Å². The van der Waals surface area contributed by atoms with Crippen LogP contribution in [0.25, 0.3) is 10.9 Å². The highest BCUT2D eigenvalue weighted by Gasteiger charge is 2.13. The van der Waals surface area contributed by atoms with E-state index < -0.39 is 0 Å². The third-order valence-corrected chi connectivity index (χ3v) is 3.89. The van der Waals surface area contributed by atoms with E-state index in [1.165, 1.54) is 13.3 Å². The lowest BCUT2D eigenvalue weighted by Gasteiger charge is -2.08. The van der Waals surface area contributed by atoms with E-state index in [1.807, 2.05) is 18.2 Å². The maximum absolute atomic E-state index is 11.8. The number of hydrogen-bond donors (Lipinski definition) is 0. The van der Waals surface area contributed by atoms with Gasteiger partial charge in [0.15, 0.2) is 7.11 Å². The number of rotatable bonds is 7. The summed E-state index contributed by atoms with van der Waals surface area (Å²) in [6.45, 7) is 2.43. The van der Waals surface area contributed by atoms with Gasteiger partial charge in [0.1, 0.15) is 12.4 Å². The summed E-state index contributed by atoms with van der Waals surface area (Å²) in [6.07, 6.45) is 1.49. The van der Waals surface area contributed by atoms with Crippen molar-refractivity contribution in [3.8, 4) is 5.75 Å². The van der Waals surface area contributed by atoms with Crippen molar-refractivity contribution in [1.29, 1.82) is 0 Å². The summed E-state index contributed by atoms with van der Waals surface area (Å²) in [5.74, 6) is 0.270. The predicted molar refractivity (Wildman–Crippen MR) is 98.8 cm³/mol. The molecular formula is C20H19N2O5+. The number of fused-ring (bicyclic) bond motifs is 1. The van der Waals surface area contributed by atoms with Crippen LogP contribution in [0.2, 0.25) is 0 Å². The molecule has 0 unspecified atom stereocenters. The molecule has 0 bridgehead atoms. The maximum Gasteiger partial charge on any atom is 0.339 e. The van der Waals surface area contributed by atoms with Crippen LogP contribution < -0.4 is 4.74 Å². The van der Waals surface area contributed by atoms with Crippen LogP contribution in [0, 0.1) is 4.91 Å². The second-order valence-electron chi connectivity index (χ2n) is 5.69. The zero-order chi connectivity index (χ0) is 19.2. The van der Waals surface area contributed by atoms with Gasteiger partial charge in [0.05, 0.1) is 22.6 Å². The molecule has 0 atom stereocenters. The van der Waals surface area contributed by atoms with Crippen molar-refractivity contribution in [2.24, 2.45) is 0 Å². The first-order chi connectivity index (χ1) is 13.1. The highest BCUT2D eigenvalue weighted by Crippen LogP contribution is 2.22. The van der Waals surface area contributed by atoms with Crippen molar-refractivity contribution >= 4 is 22.6 Å². The van der Waals surface area contributed by atoms with E-state index in [0.29, 0.717) is 35.1 Å². The summed E-state index contributed by atoms with van der Waals surface area (Å²) in [7, 11) is 1.31. The first-order valence-corrected chi connectivity index (χ1v) is 8.40. The molecule has 27 heavy (non-hydrogen) atoms. The Hall–Kier alpha value is -3.48. The highest BCUT2D eigenvalue weighted by atomic mass is 16.8. The summed E-state index contributed by atoms with van der Waals surface area (Å²) in [5.41, 5.74) is 2.46. The molecule has 3 rings (SSSR count). The molecule has 1 aromatic heterocycles. The summed E-state index contributed by atoms with van der Waals surface area (Å²) in [5, 5.41) is 0.826. The van der Waals surface area contributed by atoms with Gasteiger partial charge in [0.25, 0.3) is 4.92 Å². The Bertz CT molecular complexity index is 970. The molecule has 0 fully saturated rings. The number of aromatic nitrogens is 1. The topological polar surface area (TPSA) is 77.7 Å². The smallest absolute Gasteiger partial charge is 0.339 e. The van der Waals surface area contributed by atoms with Gasteiger partial charge in [-0.2, -0.15) is 0 Å². The van der Waals surface area contributed by atoms with Gasteiger partial charge >= 0.3 is 11.7 Å². The Balaban J connectivity index is 1.69. The van der Waals surface area contributed by atoms with E-state index in [2.05, 4.69) is 9.82 Å². The molecule has 0 aliphatic heterocycles. The molecule has 7 nitrogen and oxygen atoms in total. The van der Waals surface area contributed by atoms with Crippen molar-refractivity contribution in [1.82, 2.24) is 4.98 Å². The first kappa shape index (κ1) is 18.3. The van der Waals surface area contributed by atoms with Crippen LogP contribution in [0.1, 0.15) is 22.8 Å². The van der Waals surface area contributed by atoms with Gasteiger partial charge in [0, 0.05) is 29.8 Å². The number of carbonyl (C=O) groups is 1. The molecule has 0 N–H and O–H groups in total. The quantitative estimate of drug-likeness (QED) is 0.465. The molecule has 7 heteroatoms. The molecule has 138 valence electrons. The monoisotopic (exact) mass is 367 g/mol. The third kappa shape index (κ3) is 4.38. The second-order valence-corrected chi connectivity index (χ2v) is 5.69. The minimum Gasteiger partial charge on any atom is -0.489 e. The van der Waals surface area contributed by atoms with Gasteiger partial charge in [-0.3, -0.25) is 4.98 Å². The SMILES string of the molecule is CCOC(=O)c1cnc2cc(OCc3ccc([N+](=O)OC)cc3)ccc2c1. The van der Waals surface area contributed by atoms with E-state index >= 15 is 0 Å². The maximum atomic E-state index is 11.8. The fraction of sp³-hybridized carbons (Fsp3) is 0.200.